The molecular weight excluding hydrogens is 252 g/mol. The third kappa shape index (κ3) is 7.73. The fourth-order valence-electron chi connectivity index (χ4n) is 0.679. The van der Waals surface area contributed by atoms with Gasteiger partial charge in [-0.25, -0.2) is 9.59 Å². The van der Waals surface area contributed by atoms with Crippen molar-refractivity contribution in [3.05, 3.63) is 12.3 Å². The molecule has 0 rings (SSSR count). The number of aliphatic hydroxyl groups excluding tert-OH is 1. The van der Waals surface area contributed by atoms with E-state index in [9.17, 15) is 9.59 Å². The quantitative estimate of drug-likeness (QED) is 0.169. The zero-order valence-electron chi connectivity index (χ0n) is 9.48. The van der Waals surface area contributed by atoms with Crippen molar-refractivity contribution in [2.75, 3.05) is 26.4 Å². The first-order chi connectivity index (χ1) is 7.99. The average Bonchev–Trinajstić information content (AvgIpc) is 2.28. The molecule has 7 heteroatoms. The second kappa shape index (κ2) is 8.98. The molecule has 0 amide bonds. The molecule has 0 heterocycles. The molecule has 6 nitrogen and oxygen atoms in total. The maximum absolute atomic E-state index is 11.2. The summed E-state index contributed by atoms with van der Waals surface area (Å²) in [6.07, 6.45) is 0. The Balaban J connectivity index is 3.75. The van der Waals surface area contributed by atoms with E-state index >= 15 is 0 Å². The van der Waals surface area contributed by atoms with Crippen molar-refractivity contribution in [2.45, 2.75) is 12.3 Å². The maximum atomic E-state index is 11.2. The van der Waals surface area contributed by atoms with Crippen molar-refractivity contribution < 1.29 is 28.9 Å². The first-order valence-electron chi connectivity index (χ1n) is 4.89. The smallest absolute Gasteiger partial charge is 0.380 e. The average molecular weight is 267 g/mol. The SMILES string of the molecule is C=C(OCCOCCO)C(=O)OC(=O)C(C)Cl. The highest BCUT2D eigenvalue weighted by Gasteiger charge is 2.18. The standard InChI is InChI=1S/C10H15ClO6/c1-7(11)9(13)17-10(14)8(2)16-6-5-15-4-3-12/h7,12H,2-6H2,1H3. The monoisotopic (exact) mass is 266 g/mol. The van der Waals surface area contributed by atoms with Crippen LogP contribution in [0.25, 0.3) is 0 Å². The molecule has 0 aliphatic rings. The number of alkyl halides is 1. The van der Waals surface area contributed by atoms with Gasteiger partial charge < -0.3 is 19.3 Å². The third-order valence-electron chi connectivity index (χ3n) is 1.49. The number of carbonyl (C=O) groups is 2. The summed E-state index contributed by atoms with van der Waals surface area (Å²) in [5.74, 6) is -2.15. The van der Waals surface area contributed by atoms with Gasteiger partial charge in [0.15, 0.2) is 5.76 Å². The summed E-state index contributed by atoms with van der Waals surface area (Å²) in [6, 6.07) is 0. The van der Waals surface area contributed by atoms with Crippen molar-refractivity contribution >= 4 is 23.5 Å². The van der Waals surface area contributed by atoms with Crippen LogP contribution in [0.1, 0.15) is 6.92 Å². The Morgan fingerprint density at radius 1 is 1.35 bits per heavy atom. The molecule has 0 aromatic rings. The van der Waals surface area contributed by atoms with Gasteiger partial charge in [0.1, 0.15) is 12.0 Å². The molecule has 0 bridgehead atoms. The summed E-state index contributed by atoms with van der Waals surface area (Å²) in [5.41, 5.74) is 0. The summed E-state index contributed by atoms with van der Waals surface area (Å²) >= 11 is 5.40. The maximum Gasteiger partial charge on any atom is 0.380 e. The minimum absolute atomic E-state index is 0.0680. The van der Waals surface area contributed by atoms with Crippen LogP contribution in [0.4, 0.5) is 0 Å². The molecule has 0 spiro atoms. The van der Waals surface area contributed by atoms with E-state index in [1.165, 1.54) is 6.92 Å². The van der Waals surface area contributed by atoms with E-state index in [-0.39, 0.29) is 32.2 Å². The molecule has 1 N–H and O–H groups in total. The zero-order chi connectivity index (χ0) is 13.3. The lowest BCUT2D eigenvalue weighted by atomic mass is 10.5. The van der Waals surface area contributed by atoms with Crippen molar-refractivity contribution in [2.24, 2.45) is 0 Å². The van der Waals surface area contributed by atoms with Gasteiger partial charge in [-0.15, -0.1) is 11.6 Å². The fraction of sp³-hybridized carbons (Fsp3) is 0.600. The molecule has 0 aromatic heterocycles. The Morgan fingerprint density at radius 2 is 2.00 bits per heavy atom. The highest BCUT2D eigenvalue weighted by molar-refractivity contribution is 6.30. The summed E-state index contributed by atoms with van der Waals surface area (Å²) in [4.78, 5) is 22.1. The Hall–Kier alpha value is -1.11. The van der Waals surface area contributed by atoms with Crippen LogP contribution in [-0.2, 0) is 23.8 Å². The van der Waals surface area contributed by atoms with Crippen LogP contribution in [0, 0.1) is 0 Å². The van der Waals surface area contributed by atoms with E-state index in [0.717, 1.165) is 0 Å². The van der Waals surface area contributed by atoms with Crippen molar-refractivity contribution in [1.29, 1.82) is 0 Å². The van der Waals surface area contributed by atoms with Gasteiger partial charge in [-0.05, 0) is 13.5 Å². The first kappa shape index (κ1) is 15.9. The van der Waals surface area contributed by atoms with E-state index in [4.69, 9.17) is 26.2 Å². The van der Waals surface area contributed by atoms with Crippen LogP contribution in [0.15, 0.2) is 12.3 Å². The van der Waals surface area contributed by atoms with E-state index in [0.29, 0.717) is 0 Å². The highest BCUT2D eigenvalue weighted by Crippen LogP contribution is 2.02. The van der Waals surface area contributed by atoms with E-state index < -0.39 is 17.3 Å². The number of hydrogen-bond donors (Lipinski definition) is 1. The Kier molecular flexibility index (Phi) is 8.39. The predicted octanol–water partition coefficient (Wildman–Crippen LogP) is 0.223. The van der Waals surface area contributed by atoms with Gasteiger partial charge in [0.2, 0.25) is 0 Å². The molecule has 0 radical (unpaired) electrons. The number of hydrogen-bond acceptors (Lipinski definition) is 6. The van der Waals surface area contributed by atoms with Crippen LogP contribution >= 0.6 is 11.6 Å². The molecule has 0 aliphatic heterocycles. The number of ether oxygens (including phenoxy) is 3. The predicted molar refractivity (Wildman–Crippen MR) is 59.4 cm³/mol. The topological polar surface area (TPSA) is 82.1 Å². The number of aliphatic hydroxyl groups is 1. The zero-order valence-corrected chi connectivity index (χ0v) is 10.2. The molecule has 0 aliphatic carbocycles. The molecule has 17 heavy (non-hydrogen) atoms. The van der Waals surface area contributed by atoms with Gasteiger partial charge >= 0.3 is 11.9 Å². The van der Waals surface area contributed by atoms with E-state index in [1.807, 2.05) is 0 Å². The number of halogens is 1. The minimum Gasteiger partial charge on any atom is -0.484 e. The van der Waals surface area contributed by atoms with Crippen LogP contribution in [0.2, 0.25) is 0 Å². The minimum atomic E-state index is -0.982. The Morgan fingerprint density at radius 3 is 2.53 bits per heavy atom. The lowest BCUT2D eigenvalue weighted by Crippen LogP contribution is -2.21. The van der Waals surface area contributed by atoms with E-state index in [1.54, 1.807) is 0 Å². The van der Waals surface area contributed by atoms with Crippen molar-refractivity contribution in [3.63, 3.8) is 0 Å². The normalized spacial score (nSPS) is 11.7. The van der Waals surface area contributed by atoms with Crippen LogP contribution < -0.4 is 0 Å². The molecular formula is C10H15ClO6. The number of carbonyl (C=O) groups excluding carboxylic acids is 2. The number of esters is 2. The molecule has 1 atom stereocenters. The fourth-order valence-corrected chi connectivity index (χ4v) is 0.723. The highest BCUT2D eigenvalue weighted by atomic mass is 35.5. The van der Waals surface area contributed by atoms with Crippen LogP contribution in [0.3, 0.4) is 0 Å². The third-order valence-corrected chi connectivity index (χ3v) is 1.66. The molecule has 0 saturated heterocycles. The molecule has 1 unspecified atom stereocenters. The Bertz CT molecular complexity index is 276. The van der Waals surface area contributed by atoms with E-state index in [2.05, 4.69) is 11.3 Å². The second-order valence-corrected chi connectivity index (χ2v) is 3.59. The largest absolute Gasteiger partial charge is 0.484 e. The van der Waals surface area contributed by atoms with Gasteiger partial charge in [-0.3, -0.25) is 0 Å². The summed E-state index contributed by atoms with van der Waals surface area (Å²) in [7, 11) is 0. The molecule has 0 aromatic carbocycles. The number of rotatable bonds is 8. The van der Waals surface area contributed by atoms with Gasteiger partial charge in [0.25, 0.3) is 0 Å². The Labute approximate surface area is 104 Å². The van der Waals surface area contributed by atoms with Crippen molar-refractivity contribution in [3.8, 4) is 0 Å². The molecule has 0 saturated carbocycles. The van der Waals surface area contributed by atoms with Gasteiger partial charge in [-0.1, -0.05) is 0 Å². The second-order valence-electron chi connectivity index (χ2n) is 2.93. The van der Waals surface area contributed by atoms with Gasteiger partial charge in [0, 0.05) is 0 Å². The summed E-state index contributed by atoms with van der Waals surface area (Å²) in [5, 5.41) is 7.49. The van der Waals surface area contributed by atoms with Crippen molar-refractivity contribution in [1.82, 2.24) is 0 Å². The summed E-state index contributed by atoms with van der Waals surface area (Å²) in [6.45, 7) is 5.01. The van der Waals surface area contributed by atoms with Crippen LogP contribution in [-0.4, -0.2) is 48.8 Å². The summed E-state index contributed by atoms with van der Waals surface area (Å²) < 4.78 is 14.1. The first-order valence-corrected chi connectivity index (χ1v) is 5.33. The lowest BCUT2D eigenvalue weighted by molar-refractivity contribution is -0.158. The lowest BCUT2D eigenvalue weighted by Gasteiger charge is -2.08. The van der Waals surface area contributed by atoms with Gasteiger partial charge in [0.05, 0.1) is 19.8 Å². The van der Waals surface area contributed by atoms with Gasteiger partial charge in [-0.2, -0.15) is 0 Å². The molecule has 0 fully saturated rings. The molecule has 98 valence electrons. The van der Waals surface area contributed by atoms with Crippen LogP contribution in [0.5, 0.6) is 0 Å².